The largest absolute Gasteiger partial charge is 0.461 e. The molecular weight excluding hydrogens is 369 g/mol. The zero-order chi connectivity index (χ0) is 19.5. The van der Waals surface area contributed by atoms with Gasteiger partial charge in [-0.1, -0.05) is 0 Å². The van der Waals surface area contributed by atoms with Crippen LogP contribution in [0.5, 0.6) is 5.75 Å². The minimum Gasteiger partial charge on any atom is -0.461 e. The third-order valence-corrected chi connectivity index (χ3v) is 4.36. The fraction of sp³-hybridized carbons (Fsp3) is 0.267. The predicted molar refractivity (Wildman–Crippen MR) is 89.0 cm³/mol. The van der Waals surface area contributed by atoms with Gasteiger partial charge in [0, 0.05) is 14.1 Å². The van der Waals surface area contributed by atoms with Gasteiger partial charge in [-0.3, -0.25) is 4.79 Å². The van der Waals surface area contributed by atoms with Crippen LogP contribution in [-0.4, -0.2) is 49.2 Å². The Morgan fingerprint density at radius 2 is 1.88 bits per heavy atom. The zero-order valence-electron chi connectivity index (χ0n) is 14.2. The second-order valence-corrected chi connectivity index (χ2v) is 6.88. The van der Waals surface area contributed by atoms with Crippen LogP contribution in [0.3, 0.4) is 0 Å². The lowest BCUT2D eigenvalue weighted by Crippen LogP contribution is -2.30. The van der Waals surface area contributed by atoms with Crippen molar-refractivity contribution in [3.8, 4) is 11.4 Å². The maximum absolute atomic E-state index is 13.1. The number of esters is 1. The summed E-state index contributed by atoms with van der Waals surface area (Å²) in [6.07, 6.45) is 0. The third kappa shape index (κ3) is 4.24. The summed E-state index contributed by atoms with van der Waals surface area (Å²) in [6.45, 7) is 1.54. The number of hydrogen-bond acceptors (Lipinski definition) is 7. The second kappa shape index (κ2) is 7.62. The average Bonchev–Trinajstić information content (AvgIpc) is 2.55. The van der Waals surface area contributed by atoms with E-state index in [4.69, 9.17) is 8.92 Å². The maximum atomic E-state index is 13.1. The second-order valence-electron chi connectivity index (χ2n) is 5.13. The molecule has 2 rings (SSSR count). The molecule has 0 saturated heterocycles. The van der Waals surface area contributed by atoms with Crippen LogP contribution in [-0.2, 0) is 15.0 Å². The Morgan fingerprint density at radius 1 is 1.27 bits per heavy atom. The minimum absolute atomic E-state index is 0.00391. The van der Waals surface area contributed by atoms with Gasteiger partial charge in [0.1, 0.15) is 5.82 Å². The number of benzene rings is 1. The molecule has 1 heterocycles. The van der Waals surface area contributed by atoms with Gasteiger partial charge in [0.25, 0.3) is 5.56 Å². The van der Waals surface area contributed by atoms with Crippen LogP contribution >= 0.6 is 0 Å². The summed E-state index contributed by atoms with van der Waals surface area (Å²) in [5.74, 6) is -2.07. The first-order valence-corrected chi connectivity index (χ1v) is 8.71. The molecule has 0 atom stereocenters. The lowest BCUT2D eigenvalue weighted by molar-refractivity contribution is 0.0514. The minimum atomic E-state index is -4.23. The summed E-state index contributed by atoms with van der Waals surface area (Å²) in [5.41, 5.74) is -1.13. The summed E-state index contributed by atoms with van der Waals surface area (Å²) >= 11 is 0. The normalized spacial score (nSPS) is 11.4. The lowest BCUT2D eigenvalue weighted by atomic mass is 10.3. The van der Waals surface area contributed by atoms with E-state index in [-0.39, 0.29) is 12.3 Å². The maximum Gasteiger partial charge on any atom is 0.384 e. The standard InChI is InChI=1S/C15H16FN3O6S/c1-4-24-15(21)14-12(25-26(22,23)18(2)3)9-13(20)19(17-14)11-7-5-10(16)6-8-11/h5-9H,4H2,1-3H3. The van der Waals surface area contributed by atoms with Crippen molar-refractivity contribution in [2.75, 3.05) is 20.7 Å². The number of nitrogens with zero attached hydrogens (tertiary/aromatic N) is 3. The molecule has 0 unspecified atom stereocenters. The van der Waals surface area contributed by atoms with Crippen molar-refractivity contribution >= 4 is 16.3 Å². The Kier molecular flexibility index (Phi) is 5.73. The van der Waals surface area contributed by atoms with Crippen molar-refractivity contribution in [3.63, 3.8) is 0 Å². The lowest BCUT2D eigenvalue weighted by Gasteiger charge is -2.14. The van der Waals surface area contributed by atoms with Crippen molar-refractivity contribution in [1.82, 2.24) is 14.1 Å². The SMILES string of the molecule is CCOC(=O)c1nn(-c2ccc(F)cc2)c(=O)cc1OS(=O)(=O)N(C)C. The number of rotatable bonds is 6. The first-order valence-electron chi connectivity index (χ1n) is 7.35. The summed E-state index contributed by atoms with van der Waals surface area (Å²) in [7, 11) is -1.80. The molecule has 11 heteroatoms. The molecule has 0 fully saturated rings. The number of halogens is 1. The van der Waals surface area contributed by atoms with E-state index in [9.17, 15) is 22.4 Å². The number of aromatic nitrogens is 2. The third-order valence-electron chi connectivity index (χ3n) is 3.08. The number of carbonyl (C=O) groups excluding carboxylic acids is 1. The summed E-state index contributed by atoms with van der Waals surface area (Å²) in [4.78, 5) is 24.4. The zero-order valence-corrected chi connectivity index (χ0v) is 15.0. The molecule has 0 amide bonds. The molecule has 1 aromatic heterocycles. The van der Waals surface area contributed by atoms with E-state index in [1.54, 1.807) is 6.92 Å². The van der Waals surface area contributed by atoms with Gasteiger partial charge in [-0.15, -0.1) is 0 Å². The monoisotopic (exact) mass is 385 g/mol. The Balaban J connectivity index is 2.62. The van der Waals surface area contributed by atoms with Crippen LogP contribution in [0.15, 0.2) is 35.1 Å². The van der Waals surface area contributed by atoms with Crippen molar-refractivity contribution in [1.29, 1.82) is 0 Å². The van der Waals surface area contributed by atoms with E-state index in [0.29, 0.717) is 0 Å². The molecular formula is C15H16FN3O6S. The van der Waals surface area contributed by atoms with E-state index < -0.39 is 39.1 Å². The predicted octanol–water partition coefficient (Wildman–Crippen LogP) is 0.734. The van der Waals surface area contributed by atoms with Gasteiger partial charge in [-0.2, -0.15) is 22.5 Å². The number of hydrogen-bond donors (Lipinski definition) is 0. The molecule has 0 aliphatic carbocycles. The molecule has 1 aromatic carbocycles. The fourth-order valence-electron chi connectivity index (χ4n) is 1.80. The van der Waals surface area contributed by atoms with Crippen LogP contribution < -0.4 is 9.74 Å². The molecule has 0 aliphatic rings. The highest BCUT2D eigenvalue weighted by atomic mass is 32.2. The van der Waals surface area contributed by atoms with E-state index in [0.717, 1.165) is 27.2 Å². The summed E-state index contributed by atoms with van der Waals surface area (Å²) < 4.78 is 48.1. The smallest absolute Gasteiger partial charge is 0.384 e. The van der Waals surface area contributed by atoms with E-state index in [1.165, 1.54) is 26.2 Å². The highest BCUT2D eigenvalue weighted by Crippen LogP contribution is 2.19. The molecule has 0 spiro atoms. The molecule has 0 aliphatic heterocycles. The molecule has 26 heavy (non-hydrogen) atoms. The Labute approximate surface area is 148 Å². The Bertz CT molecular complexity index is 970. The number of ether oxygens (including phenoxy) is 1. The summed E-state index contributed by atoms with van der Waals surface area (Å²) in [5, 5.41) is 3.83. The average molecular weight is 385 g/mol. The van der Waals surface area contributed by atoms with Crippen molar-refractivity contribution in [2.45, 2.75) is 6.92 Å². The van der Waals surface area contributed by atoms with E-state index >= 15 is 0 Å². The van der Waals surface area contributed by atoms with Crippen molar-refractivity contribution in [2.24, 2.45) is 0 Å². The highest BCUT2D eigenvalue weighted by molar-refractivity contribution is 7.84. The molecule has 2 aromatic rings. The van der Waals surface area contributed by atoms with E-state index in [2.05, 4.69) is 5.10 Å². The first kappa shape index (κ1) is 19.5. The first-order chi connectivity index (χ1) is 12.2. The van der Waals surface area contributed by atoms with Crippen molar-refractivity contribution in [3.05, 3.63) is 52.2 Å². The Morgan fingerprint density at radius 3 is 2.42 bits per heavy atom. The van der Waals surface area contributed by atoms with Crippen molar-refractivity contribution < 1.29 is 26.5 Å². The van der Waals surface area contributed by atoms with Crippen LogP contribution in [0.4, 0.5) is 4.39 Å². The van der Waals surface area contributed by atoms with Crippen LogP contribution in [0.1, 0.15) is 17.4 Å². The van der Waals surface area contributed by atoms with Crippen LogP contribution in [0.25, 0.3) is 5.69 Å². The molecule has 0 bridgehead atoms. The van der Waals surface area contributed by atoms with Gasteiger partial charge >= 0.3 is 16.3 Å². The molecule has 0 radical (unpaired) electrons. The summed E-state index contributed by atoms with van der Waals surface area (Å²) in [6, 6.07) is 5.55. The molecule has 0 N–H and O–H groups in total. The molecule has 0 saturated carbocycles. The quantitative estimate of drug-likeness (QED) is 0.675. The van der Waals surface area contributed by atoms with Gasteiger partial charge in [0.05, 0.1) is 18.4 Å². The topological polar surface area (TPSA) is 108 Å². The van der Waals surface area contributed by atoms with Gasteiger partial charge in [-0.05, 0) is 31.2 Å². The van der Waals surface area contributed by atoms with Gasteiger partial charge in [0.15, 0.2) is 5.75 Å². The Hall–Kier alpha value is -2.79. The highest BCUT2D eigenvalue weighted by Gasteiger charge is 2.25. The number of carbonyl (C=O) groups is 1. The van der Waals surface area contributed by atoms with Gasteiger partial charge in [-0.25, -0.2) is 9.18 Å². The van der Waals surface area contributed by atoms with E-state index in [1.807, 2.05) is 0 Å². The van der Waals surface area contributed by atoms with Crippen LogP contribution in [0.2, 0.25) is 0 Å². The molecule has 140 valence electrons. The van der Waals surface area contributed by atoms with Crippen LogP contribution in [0, 0.1) is 5.82 Å². The molecule has 9 nitrogen and oxygen atoms in total. The fourth-order valence-corrected chi connectivity index (χ4v) is 2.30. The van der Waals surface area contributed by atoms with Gasteiger partial charge in [0.2, 0.25) is 5.69 Å². The van der Waals surface area contributed by atoms with Gasteiger partial charge < -0.3 is 8.92 Å².